The van der Waals surface area contributed by atoms with Crippen molar-refractivity contribution in [3.63, 3.8) is 0 Å². The van der Waals surface area contributed by atoms with E-state index in [1.54, 1.807) is 26.0 Å². The molecule has 2 aromatic carbocycles. The predicted molar refractivity (Wildman–Crippen MR) is 85.5 cm³/mol. The van der Waals surface area contributed by atoms with Gasteiger partial charge in [-0.1, -0.05) is 18.2 Å². The van der Waals surface area contributed by atoms with E-state index < -0.39 is 0 Å². The average Bonchev–Trinajstić information content (AvgIpc) is 2.53. The molecule has 0 aromatic heterocycles. The van der Waals surface area contributed by atoms with Gasteiger partial charge in [0.25, 0.3) is 0 Å². The van der Waals surface area contributed by atoms with Crippen molar-refractivity contribution < 1.29 is 9.47 Å². The van der Waals surface area contributed by atoms with Gasteiger partial charge in [-0.15, -0.1) is 23.4 Å². The summed E-state index contributed by atoms with van der Waals surface area (Å²) in [6.45, 7) is 0. The minimum Gasteiger partial charge on any atom is -0.497 e. The Kier molecular flexibility index (Phi) is 5.21. The van der Waals surface area contributed by atoms with Crippen LogP contribution in [0.3, 0.4) is 0 Å². The van der Waals surface area contributed by atoms with Gasteiger partial charge in [0, 0.05) is 16.5 Å². The monoisotopic (exact) mass is 308 g/mol. The van der Waals surface area contributed by atoms with Crippen molar-refractivity contribution in [1.82, 2.24) is 0 Å². The molecule has 0 fully saturated rings. The largest absolute Gasteiger partial charge is 0.497 e. The smallest absolute Gasteiger partial charge is 0.127 e. The van der Waals surface area contributed by atoms with Crippen molar-refractivity contribution in [1.29, 1.82) is 0 Å². The summed E-state index contributed by atoms with van der Waals surface area (Å²) in [6, 6.07) is 13.8. The van der Waals surface area contributed by atoms with E-state index >= 15 is 0 Å². The van der Waals surface area contributed by atoms with Crippen molar-refractivity contribution >= 4 is 23.4 Å². The predicted octanol–water partition coefficient (Wildman–Crippen LogP) is 4.75. The Morgan fingerprint density at radius 1 is 1.00 bits per heavy atom. The fraction of sp³-hybridized carbons (Fsp3) is 0.250. The number of thioether (sulfide) groups is 1. The topological polar surface area (TPSA) is 18.5 Å². The van der Waals surface area contributed by atoms with E-state index in [-0.39, 0.29) is 5.38 Å². The van der Waals surface area contributed by atoms with Crippen molar-refractivity contribution in [2.24, 2.45) is 0 Å². The lowest BCUT2D eigenvalue weighted by Gasteiger charge is -2.17. The highest BCUT2D eigenvalue weighted by atomic mass is 35.5. The van der Waals surface area contributed by atoms with Crippen LogP contribution in [0, 0.1) is 0 Å². The van der Waals surface area contributed by atoms with Crippen LogP contribution < -0.4 is 9.47 Å². The first-order chi connectivity index (χ1) is 9.71. The summed E-state index contributed by atoms with van der Waals surface area (Å²) in [7, 11) is 3.28. The minimum absolute atomic E-state index is 0.250. The van der Waals surface area contributed by atoms with Gasteiger partial charge in [0.1, 0.15) is 11.5 Å². The first-order valence-corrected chi connectivity index (χ1v) is 7.86. The third-order valence-corrected chi connectivity index (χ3v) is 4.41. The summed E-state index contributed by atoms with van der Waals surface area (Å²) in [5, 5.41) is -0.250. The Hall–Kier alpha value is -1.32. The molecule has 1 unspecified atom stereocenters. The standard InChI is InChI=1S/C16H17ClO2S/c1-18-11-8-9-12(14(10-11)19-2)16(17)13-6-4-5-7-15(13)20-3/h4-10,16H,1-3H3. The second kappa shape index (κ2) is 6.91. The van der Waals surface area contributed by atoms with Crippen LogP contribution in [0.1, 0.15) is 16.5 Å². The zero-order valence-corrected chi connectivity index (χ0v) is 13.3. The van der Waals surface area contributed by atoms with Gasteiger partial charge in [-0.05, 0) is 30.0 Å². The average molecular weight is 309 g/mol. The number of hydrogen-bond acceptors (Lipinski definition) is 3. The van der Waals surface area contributed by atoms with E-state index in [0.29, 0.717) is 0 Å². The summed E-state index contributed by atoms with van der Waals surface area (Å²) in [5.74, 6) is 1.49. The SMILES string of the molecule is COc1ccc(C(Cl)c2ccccc2SC)c(OC)c1. The summed E-state index contributed by atoms with van der Waals surface area (Å²) in [6.07, 6.45) is 2.05. The van der Waals surface area contributed by atoms with Crippen LogP contribution in [0.25, 0.3) is 0 Å². The van der Waals surface area contributed by atoms with E-state index in [1.807, 2.05) is 42.7 Å². The molecule has 0 heterocycles. The first kappa shape index (κ1) is 15.1. The molecule has 0 spiro atoms. The lowest BCUT2D eigenvalue weighted by molar-refractivity contribution is 0.391. The van der Waals surface area contributed by atoms with Gasteiger partial charge in [0.05, 0.1) is 19.6 Å². The first-order valence-electron chi connectivity index (χ1n) is 6.20. The maximum Gasteiger partial charge on any atom is 0.127 e. The Labute approximate surface area is 129 Å². The fourth-order valence-electron chi connectivity index (χ4n) is 2.07. The summed E-state index contributed by atoms with van der Waals surface area (Å²) >= 11 is 8.35. The molecule has 20 heavy (non-hydrogen) atoms. The molecule has 0 radical (unpaired) electrons. The van der Waals surface area contributed by atoms with Crippen LogP contribution in [0.4, 0.5) is 0 Å². The highest BCUT2D eigenvalue weighted by molar-refractivity contribution is 7.98. The molecule has 0 bridgehead atoms. The molecule has 0 amide bonds. The van der Waals surface area contributed by atoms with Gasteiger partial charge in [0.2, 0.25) is 0 Å². The molecule has 2 nitrogen and oxygen atoms in total. The van der Waals surface area contributed by atoms with Crippen molar-refractivity contribution in [3.8, 4) is 11.5 Å². The molecule has 0 aliphatic heterocycles. The van der Waals surface area contributed by atoms with E-state index in [1.165, 1.54) is 4.90 Å². The van der Waals surface area contributed by atoms with E-state index in [9.17, 15) is 0 Å². The Morgan fingerprint density at radius 3 is 2.40 bits per heavy atom. The van der Waals surface area contributed by atoms with Crippen molar-refractivity contribution in [3.05, 3.63) is 53.6 Å². The lowest BCUT2D eigenvalue weighted by Crippen LogP contribution is -1.99. The maximum absolute atomic E-state index is 6.66. The quantitative estimate of drug-likeness (QED) is 0.586. The van der Waals surface area contributed by atoms with E-state index in [0.717, 1.165) is 22.6 Å². The van der Waals surface area contributed by atoms with Gasteiger partial charge >= 0.3 is 0 Å². The fourth-order valence-corrected chi connectivity index (χ4v) is 3.14. The van der Waals surface area contributed by atoms with Crippen LogP contribution in [0.5, 0.6) is 11.5 Å². The second-order valence-electron chi connectivity index (χ2n) is 4.21. The van der Waals surface area contributed by atoms with Gasteiger partial charge in [-0.3, -0.25) is 0 Å². The second-order valence-corrected chi connectivity index (χ2v) is 5.50. The Bertz CT molecular complexity index is 586. The molecular formula is C16H17ClO2S. The number of benzene rings is 2. The van der Waals surface area contributed by atoms with Crippen LogP contribution in [-0.2, 0) is 0 Å². The van der Waals surface area contributed by atoms with Crippen LogP contribution in [0.15, 0.2) is 47.4 Å². The molecule has 0 saturated carbocycles. The minimum atomic E-state index is -0.250. The summed E-state index contributed by atoms with van der Waals surface area (Å²) in [4.78, 5) is 1.17. The highest BCUT2D eigenvalue weighted by Crippen LogP contribution is 2.40. The summed E-state index contributed by atoms with van der Waals surface area (Å²) in [5.41, 5.74) is 2.03. The number of alkyl halides is 1. The summed E-state index contributed by atoms with van der Waals surface area (Å²) < 4.78 is 10.6. The van der Waals surface area contributed by atoms with Gasteiger partial charge in [-0.2, -0.15) is 0 Å². The zero-order chi connectivity index (χ0) is 14.5. The van der Waals surface area contributed by atoms with Crippen molar-refractivity contribution in [2.45, 2.75) is 10.3 Å². The van der Waals surface area contributed by atoms with Gasteiger partial charge in [-0.25, -0.2) is 0 Å². The van der Waals surface area contributed by atoms with E-state index in [2.05, 4.69) is 6.07 Å². The molecule has 106 valence electrons. The number of methoxy groups -OCH3 is 2. The molecule has 0 saturated heterocycles. The molecular weight excluding hydrogens is 292 g/mol. The van der Waals surface area contributed by atoms with Crippen LogP contribution in [0.2, 0.25) is 0 Å². The number of hydrogen-bond donors (Lipinski definition) is 0. The number of ether oxygens (including phenoxy) is 2. The van der Waals surface area contributed by atoms with Crippen LogP contribution in [-0.4, -0.2) is 20.5 Å². The molecule has 1 atom stereocenters. The molecule has 2 rings (SSSR count). The highest BCUT2D eigenvalue weighted by Gasteiger charge is 2.18. The Morgan fingerprint density at radius 2 is 1.75 bits per heavy atom. The maximum atomic E-state index is 6.66. The zero-order valence-electron chi connectivity index (χ0n) is 11.7. The number of halogens is 1. The molecule has 0 aliphatic carbocycles. The third-order valence-electron chi connectivity index (χ3n) is 3.13. The van der Waals surface area contributed by atoms with Gasteiger partial charge < -0.3 is 9.47 Å². The molecule has 2 aromatic rings. The normalized spacial score (nSPS) is 12.0. The third kappa shape index (κ3) is 3.05. The van der Waals surface area contributed by atoms with Crippen molar-refractivity contribution in [2.75, 3.05) is 20.5 Å². The molecule has 4 heteroatoms. The van der Waals surface area contributed by atoms with Crippen LogP contribution >= 0.6 is 23.4 Å². The number of rotatable bonds is 5. The van der Waals surface area contributed by atoms with E-state index in [4.69, 9.17) is 21.1 Å². The molecule has 0 aliphatic rings. The Balaban J connectivity index is 2.45. The lowest BCUT2D eigenvalue weighted by atomic mass is 10.0. The van der Waals surface area contributed by atoms with Gasteiger partial charge in [0.15, 0.2) is 0 Å². The molecule has 0 N–H and O–H groups in total.